The van der Waals surface area contributed by atoms with Crippen LogP contribution in [0.15, 0.2) is 24.3 Å². The highest BCUT2D eigenvalue weighted by Crippen LogP contribution is 2.15. The standard InChI is InChI=1S/C12H15ClN2O3/c1-12(2,10(16)18-3)15-11(17)14-9-6-4-5-8(13)7-9/h4-7H,1-3H3,(H2,14,15,17). The van der Waals surface area contributed by atoms with Gasteiger partial charge in [-0.05, 0) is 32.0 Å². The summed E-state index contributed by atoms with van der Waals surface area (Å²) in [6.45, 7) is 3.10. The van der Waals surface area contributed by atoms with Gasteiger partial charge in [0.25, 0.3) is 0 Å². The molecule has 1 aromatic carbocycles. The third kappa shape index (κ3) is 3.92. The van der Waals surface area contributed by atoms with E-state index in [-0.39, 0.29) is 0 Å². The van der Waals surface area contributed by atoms with Gasteiger partial charge >= 0.3 is 12.0 Å². The summed E-state index contributed by atoms with van der Waals surface area (Å²) in [6, 6.07) is 6.20. The second-order valence-electron chi connectivity index (χ2n) is 4.21. The number of urea groups is 1. The summed E-state index contributed by atoms with van der Waals surface area (Å²) in [4.78, 5) is 23.1. The molecule has 1 rings (SSSR count). The van der Waals surface area contributed by atoms with Crippen LogP contribution in [-0.4, -0.2) is 24.6 Å². The zero-order chi connectivity index (χ0) is 13.8. The SMILES string of the molecule is COC(=O)C(C)(C)NC(=O)Nc1cccc(Cl)c1. The van der Waals surface area contributed by atoms with E-state index in [0.29, 0.717) is 10.7 Å². The maximum absolute atomic E-state index is 11.7. The first-order valence-corrected chi connectivity index (χ1v) is 5.66. The van der Waals surface area contributed by atoms with Crippen LogP contribution in [0.1, 0.15) is 13.8 Å². The predicted octanol–water partition coefficient (Wildman–Crippen LogP) is 2.41. The van der Waals surface area contributed by atoms with E-state index in [9.17, 15) is 9.59 Å². The molecule has 1 aromatic rings. The van der Waals surface area contributed by atoms with E-state index in [1.807, 2.05) is 0 Å². The zero-order valence-corrected chi connectivity index (χ0v) is 11.2. The Morgan fingerprint density at radius 2 is 2.00 bits per heavy atom. The second kappa shape index (κ2) is 5.73. The Kier molecular flexibility index (Phi) is 4.55. The number of anilines is 1. The van der Waals surface area contributed by atoms with Crippen LogP contribution < -0.4 is 10.6 Å². The molecule has 0 aliphatic rings. The highest BCUT2D eigenvalue weighted by atomic mass is 35.5. The third-order valence-electron chi connectivity index (χ3n) is 2.20. The van der Waals surface area contributed by atoms with Gasteiger partial charge in [0.15, 0.2) is 0 Å². The van der Waals surface area contributed by atoms with Gasteiger partial charge in [-0.3, -0.25) is 0 Å². The van der Waals surface area contributed by atoms with E-state index in [2.05, 4.69) is 15.4 Å². The predicted molar refractivity (Wildman–Crippen MR) is 69.7 cm³/mol. The fourth-order valence-corrected chi connectivity index (χ4v) is 1.51. The van der Waals surface area contributed by atoms with Gasteiger partial charge in [-0.1, -0.05) is 17.7 Å². The quantitative estimate of drug-likeness (QED) is 0.829. The van der Waals surface area contributed by atoms with Gasteiger partial charge < -0.3 is 15.4 Å². The molecule has 5 nitrogen and oxygen atoms in total. The monoisotopic (exact) mass is 270 g/mol. The smallest absolute Gasteiger partial charge is 0.331 e. The van der Waals surface area contributed by atoms with Crippen LogP contribution in [0.2, 0.25) is 5.02 Å². The average Bonchev–Trinajstić information content (AvgIpc) is 2.26. The number of ether oxygens (including phenoxy) is 1. The van der Waals surface area contributed by atoms with Crippen LogP contribution in [0.5, 0.6) is 0 Å². The molecule has 0 fully saturated rings. The van der Waals surface area contributed by atoms with Crippen molar-refractivity contribution in [2.45, 2.75) is 19.4 Å². The number of carbonyl (C=O) groups excluding carboxylic acids is 2. The Bertz CT molecular complexity index is 460. The molecule has 2 N–H and O–H groups in total. The molecule has 0 aromatic heterocycles. The fourth-order valence-electron chi connectivity index (χ4n) is 1.32. The molecule has 0 spiro atoms. The van der Waals surface area contributed by atoms with E-state index >= 15 is 0 Å². The van der Waals surface area contributed by atoms with E-state index in [1.54, 1.807) is 38.1 Å². The largest absolute Gasteiger partial charge is 0.467 e. The van der Waals surface area contributed by atoms with Gasteiger partial charge in [-0.25, -0.2) is 9.59 Å². The van der Waals surface area contributed by atoms with E-state index in [4.69, 9.17) is 11.6 Å². The minimum atomic E-state index is -1.10. The number of benzene rings is 1. The van der Waals surface area contributed by atoms with E-state index in [1.165, 1.54) is 7.11 Å². The van der Waals surface area contributed by atoms with Crippen molar-refractivity contribution in [1.82, 2.24) is 5.32 Å². The van der Waals surface area contributed by atoms with Crippen molar-refractivity contribution in [3.05, 3.63) is 29.3 Å². The Morgan fingerprint density at radius 1 is 1.33 bits per heavy atom. The summed E-state index contributed by atoms with van der Waals surface area (Å²) < 4.78 is 4.58. The summed E-state index contributed by atoms with van der Waals surface area (Å²) in [6.07, 6.45) is 0. The molecule has 0 atom stereocenters. The molecule has 0 saturated heterocycles. The maximum atomic E-state index is 11.7. The van der Waals surface area contributed by atoms with Gasteiger partial charge in [0.1, 0.15) is 5.54 Å². The zero-order valence-electron chi connectivity index (χ0n) is 10.4. The lowest BCUT2D eigenvalue weighted by Crippen LogP contribution is -2.51. The highest BCUT2D eigenvalue weighted by Gasteiger charge is 2.30. The number of hydrogen-bond acceptors (Lipinski definition) is 3. The molecule has 18 heavy (non-hydrogen) atoms. The number of carbonyl (C=O) groups is 2. The Morgan fingerprint density at radius 3 is 2.56 bits per heavy atom. The normalized spacial score (nSPS) is 10.7. The molecule has 0 aliphatic carbocycles. The lowest BCUT2D eigenvalue weighted by atomic mass is 10.1. The molecule has 0 bridgehead atoms. The first-order valence-electron chi connectivity index (χ1n) is 5.28. The molecule has 0 unspecified atom stereocenters. The lowest BCUT2D eigenvalue weighted by Gasteiger charge is -2.23. The first kappa shape index (κ1) is 14.3. The van der Waals surface area contributed by atoms with Crippen LogP contribution in [0.4, 0.5) is 10.5 Å². The Balaban J connectivity index is 2.65. The Hall–Kier alpha value is -1.75. The molecule has 2 amide bonds. The van der Waals surface area contributed by atoms with Crippen molar-refractivity contribution in [2.24, 2.45) is 0 Å². The van der Waals surface area contributed by atoms with Gasteiger partial charge in [-0.2, -0.15) is 0 Å². The molecular weight excluding hydrogens is 256 g/mol. The maximum Gasteiger partial charge on any atom is 0.331 e. The van der Waals surface area contributed by atoms with Gasteiger partial charge in [-0.15, -0.1) is 0 Å². The van der Waals surface area contributed by atoms with Gasteiger partial charge in [0, 0.05) is 10.7 Å². The minimum Gasteiger partial charge on any atom is -0.467 e. The average molecular weight is 271 g/mol. The minimum absolute atomic E-state index is 0.507. The van der Waals surface area contributed by atoms with Crippen LogP contribution in [-0.2, 0) is 9.53 Å². The summed E-state index contributed by atoms with van der Waals surface area (Å²) in [5.74, 6) is -0.524. The number of rotatable bonds is 3. The number of hydrogen-bond donors (Lipinski definition) is 2. The molecular formula is C12H15ClN2O3. The molecule has 0 heterocycles. The van der Waals surface area contributed by atoms with Crippen molar-refractivity contribution >= 4 is 29.3 Å². The summed E-state index contributed by atoms with van der Waals surface area (Å²) in [5.41, 5.74) is -0.558. The van der Waals surface area contributed by atoms with Gasteiger partial charge in [0.2, 0.25) is 0 Å². The van der Waals surface area contributed by atoms with Crippen molar-refractivity contribution in [3.8, 4) is 0 Å². The molecule has 0 radical (unpaired) electrons. The number of esters is 1. The van der Waals surface area contributed by atoms with Crippen molar-refractivity contribution in [3.63, 3.8) is 0 Å². The van der Waals surface area contributed by atoms with Crippen LogP contribution in [0.25, 0.3) is 0 Å². The molecule has 6 heteroatoms. The molecule has 0 saturated carbocycles. The number of amides is 2. The second-order valence-corrected chi connectivity index (χ2v) is 4.64. The lowest BCUT2D eigenvalue weighted by molar-refractivity contribution is -0.146. The van der Waals surface area contributed by atoms with Crippen LogP contribution in [0.3, 0.4) is 0 Å². The van der Waals surface area contributed by atoms with Crippen molar-refractivity contribution in [1.29, 1.82) is 0 Å². The summed E-state index contributed by atoms with van der Waals surface area (Å²) >= 11 is 5.79. The topological polar surface area (TPSA) is 67.4 Å². The van der Waals surface area contributed by atoms with E-state index < -0.39 is 17.5 Å². The van der Waals surface area contributed by atoms with Crippen molar-refractivity contribution in [2.75, 3.05) is 12.4 Å². The number of methoxy groups -OCH3 is 1. The van der Waals surface area contributed by atoms with E-state index in [0.717, 1.165) is 0 Å². The fraction of sp³-hybridized carbons (Fsp3) is 0.333. The molecule has 98 valence electrons. The van der Waals surface area contributed by atoms with Crippen LogP contribution in [0, 0.1) is 0 Å². The Labute approximate surface area is 110 Å². The molecule has 0 aliphatic heterocycles. The number of nitrogens with one attached hydrogen (secondary N) is 2. The number of halogens is 1. The summed E-state index contributed by atoms with van der Waals surface area (Å²) in [5, 5.41) is 5.60. The van der Waals surface area contributed by atoms with Crippen molar-refractivity contribution < 1.29 is 14.3 Å². The highest BCUT2D eigenvalue weighted by molar-refractivity contribution is 6.30. The summed E-state index contributed by atoms with van der Waals surface area (Å²) in [7, 11) is 1.26. The van der Waals surface area contributed by atoms with Gasteiger partial charge in [0.05, 0.1) is 7.11 Å². The first-order chi connectivity index (χ1) is 8.35. The van der Waals surface area contributed by atoms with Crippen LogP contribution >= 0.6 is 11.6 Å². The third-order valence-corrected chi connectivity index (χ3v) is 2.44.